The van der Waals surface area contributed by atoms with Crippen LogP contribution < -0.4 is 20.1 Å². The zero-order chi connectivity index (χ0) is 17.8. The number of methoxy groups -OCH3 is 2. The highest BCUT2D eigenvalue weighted by Crippen LogP contribution is 2.30. The van der Waals surface area contributed by atoms with Crippen LogP contribution in [0.5, 0.6) is 11.5 Å². The summed E-state index contributed by atoms with van der Waals surface area (Å²) in [4.78, 5) is 12.0. The number of aromatic nitrogens is 2. The molecule has 0 aliphatic heterocycles. The molecule has 0 unspecified atom stereocenters. The van der Waals surface area contributed by atoms with E-state index in [1.807, 2.05) is 0 Å². The summed E-state index contributed by atoms with van der Waals surface area (Å²) in [6, 6.07) is 7.69. The third-order valence-electron chi connectivity index (χ3n) is 3.07. The van der Waals surface area contributed by atoms with Crippen LogP contribution in [0.25, 0.3) is 11.7 Å². The molecule has 0 aliphatic rings. The quantitative estimate of drug-likeness (QED) is 0.660. The van der Waals surface area contributed by atoms with Gasteiger partial charge in [-0.1, -0.05) is 5.10 Å². The third kappa shape index (κ3) is 3.91. The van der Waals surface area contributed by atoms with Crippen LogP contribution in [0.15, 0.2) is 43.8 Å². The molecule has 1 aromatic carbocycles. The van der Waals surface area contributed by atoms with Crippen LogP contribution >= 0.6 is 15.9 Å². The molecule has 9 nitrogen and oxygen atoms in total. The minimum atomic E-state index is -0.553. The average molecular weight is 409 g/mol. The van der Waals surface area contributed by atoms with Gasteiger partial charge in [0.1, 0.15) is 0 Å². The first-order chi connectivity index (χ1) is 12.1. The van der Waals surface area contributed by atoms with Crippen LogP contribution in [-0.2, 0) is 0 Å². The van der Waals surface area contributed by atoms with E-state index >= 15 is 0 Å². The van der Waals surface area contributed by atoms with Gasteiger partial charge in [0.05, 0.1) is 14.2 Å². The number of anilines is 2. The molecule has 2 amide bonds. The van der Waals surface area contributed by atoms with Gasteiger partial charge in [0.25, 0.3) is 5.89 Å². The van der Waals surface area contributed by atoms with Gasteiger partial charge in [0.15, 0.2) is 21.9 Å². The van der Waals surface area contributed by atoms with Gasteiger partial charge in [0.2, 0.25) is 0 Å². The van der Waals surface area contributed by atoms with E-state index in [-0.39, 0.29) is 11.9 Å². The van der Waals surface area contributed by atoms with Crippen molar-refractivity contribution in [1.29, 1.82) is 0 Å². The Morgan fingerprint density at radius 2 is 1.84 bits per heavy atom. The highest BCUT2D eigenvalue weighted by Gasteiger charge is 2.14. The molecular weight excluding hydrogens is 396 g/mol. The summed E-state index contributed by atoms with van der Waals surface area (Å²) in [7, 11) is 3.04. The number of hydrogen-bond donors (Lipinski definition) is 2. The Morgan fingerprint density at radius 3 is 2.52 bits per heavy atom. The van der Waals surface area contributed by atoms with Crippen LogP contribution in [0.3, 0.4) is 0 Å². The molecule has 0 bridgehead atoms. The first kappa shape index (κ1) is 16.8. The second-order valence-electron chi connectivity index (χ2n) is 4.67. The smallest absolute Gasteiger partial charge is 0.327 e. The molecule has 0 fully saturated rings. The molecule has 25 heavy (non-hydrogen) atoms. The van der Waals surface area contributed by atoms with E-state index in [0.29, 0.717) is 27.6 Å². The lowest BCUT2D eigenvalue weighted by Crippen LogP contribution is -2.19. The zero-order valence-electron chi connectivity index (χ0n) is 13.2. The molecule has 0 radical (unpaired) electrons. The summed E-state index contributed by atoms with van der Waals surface area (Å²) in [6.07, 6.45) is 0. The second kappa shape index (κ2) is 7.26. The Kier molecular flexibility index (Phi) is 4.89. The molecule has 2 heterocycles. The molecule has 0 saturated heterocycles. The molecule has 3 rings (SSSR count). The molecule has 0 atom stereocenters. The number of carbonyl (C=O) groups is 1. The summed E-state index contributed by atoms with van der Waals surface area (Å²) < 4.78 is 21.5. The van der Waals surface area contributed by atoms with Gasteiger partial charge in [0, 0.05) is 11.8 Å². The van der Waals surface area contributed by atoms with Crippen LogP contribution in [0.2, 0.25) is 0 Å². The van der Waals surface area contributed by atoms with Crippen molar-refractivity contribution >= 4 is 33.7 Å². The minimum absolute atomic E-state index is 0.0690. The van der Waals surface area contributed by atoms with E-state index < -0.39 is 6.03 Å². The second-order valence-corrected chi connectivity index (χ2v) is 5.45. The van der Waals surface area contributed by atoms with Crippen LogP contribution in [-0.4, -0.2) is 30.4 Å². The Labute approximate surface area is 150 Å². The minimum Gasteiger partial charge on any atom is -0.493 e. The highest BCUT2D eigenvalue weighted by molar-refractivity contribution is 9.10. The maximum Gasteiger partial charge on any atom is 0.327 e. The van der Waals surface area contributed by atoms with Crippen LogP contribution in [0.4, 0.5) is 16.5 Å². The molecule has 0 aliphatic carbocycles. The molecule has 3 aromatic rings. The Morgan fingerprint density at radius 1 is 1.04 bits per heavy atom. The number of hydrogen-bond acceptors (Lipinski definition) is 7. The van der Waals surface area contributed by atoms with Gasteiger partial charge in [-0.15, -0.1) is 5.10 Å². The number of benzene rings is 1. The molecule has 0 spiro atoms. The summed E-state index contributed by atoms with van der Waals surface area (Å²) >= 11 is 3.18. The van der Waals surface area contributed by atoms with Crippen molar-refractivity contribution in [2.75, 3.05) is 24.9 Å². The van der Waals surface area contributed by atoms with E-state index in [4.69, 9.17) is 18.3 Å². The molecule has 10 heteroatoms. The van der Waals surface area contributed by atoms with Crippen molar-refractivity contribution < 1.29 is 23.1 Å². The monoisotopic (exact) mass is 408 g/mol. The van der Waals surface area contributed by atoms with E-state index in [1.165, 1.54) is 14.2 Å². The van der Waals surface area contributed by atoms with Crippen molar-refractivity contribution in [3.63, 3.8) is 0 Å². The summed E-state index contributed by atoms with van der Waals surface area (Å²) in [5.41, 5.74) is 0.504. The van der Waals surface area contributed by atoms with Gasteiger partial charge in [-0.2, -0.15) is 0 Å². The van der Waals surface area contributed by atoms with E-state index in [2.05, 4.69) is 36.8 Å². The van der Waals surface area contributed by atoms with Crippen molar-refractivity contribution in [1.82, 2.24) is 10.2 Å². The maximum absolute atomic E-state index is 12.0. The topological polar surface area (TPSA) is 112 Å². The Balaban J connectivity index is 1.66. The van der Waals surface area contributed by atoms with Crippen molar-refractivity contribution in [2.45, 2.75) is 0 Å². The first-order valence-electron chi connectivity index (χ1n) is 6.98. The predicted molar refractivity (Wildman–Crippen MR) is 91.9 cm³/mol. The van der Waals surface area contributed by atoms with Gasteiger partial charge in [-0.05, 0) is 40.2 Å². The van der Waals surface area contributed by atoms with E-state index in [0.717, 1.165) is 0 Å². The molecule has 130 valence electrons. The molecular formula is C15H13BrN4O5. The number of amides is 2. The molecule has 2 N–H and O–H groups in total. The van der Waals surface area contributed by atoms with Gasteiger partial charge in [-0.3, -0.25) is 5.32 Å². The fourth-order valence-electron chi connectivity index (χ4n) is 1.98. The molecule has 0 saturated carbocycles. The summed E-state index contributed by atoms with van der Waals surface area (Å²) in [5, 5.41) is 12.6. The lowest BCUT2D eigenvalue weighted by atomic mass is 10.3. The van der Waals surface area contributed by atoms with Crippen LogP contribution in [0.1, 0.15) is 0 Å². The number of ether oxygens (including phenoxy) is 2. The fourth-order valence-corrected chi connectivity index (χ4v) is 2.28. The van der Waals surface area contributed by atoms with E-state index in [1.54, 1.807) is 30.3 Å². The van der Waals surface area contributed by atoms with Crippen molar-refractivity contribution in [3.8, 4) is 23.1 Å². The number of furan rings is 1. The third-order valence-corrected chi connectivity index (χ3v) is 3.50. The lowest BCUT2D eigenvalue weighted by molar-refractivity contribution is 0.261. The largest absolute Gasteiger partial charge is 0.493 e. The average Bonchev–Trinajstić information content (AvgIpc) is 3.23. The van der Waals surface area contributed by atoms with Crippen LogP contribution in [0, 0.1) is 0 Å². The van der Waals surface area contributed by atoms with Gasteiger partial charge >= 0.3 is 12.0 Å². The standard InChI is InChI=1S/C15H13BrN4O5/c1-22-9-4-3-8(7-11(9)23-2)17-14(21)18-15-20-19-13(25-15)10-5-6-12(16)24-10/h3-7H,1-2H3,(H2,17,18,20,21). The normalized spacial score (nSPS) is 10.4. The zero-order valence-corrected chi connectivity index (χ0v) is 14.8. The highest BCUT2D eigenvalue weighted by atomic mass is 79.9. The summed E-state index contributed by atoms with van der Waals surface area (Å²) in [5.74, 6) is 1.57. The van der Waals surface area contributed by atoms with Crippen molar-refractivity contribution in [2.24, 2.45) is 0 Å². The maximum atomic E-state index is 12.0. The Bertz CT molecular complexity index is 892. The number of halogens is 1. The number of nitrogens with zero attached hydrogens (tertiary/aromatic N) is 2. The van der Waals surface area contributed by atoms with Gasteiger partial charge in [-0.25, -0.2) is 4.79 Å². The number of carbonyl (C=O) groups excluding carboxylic acids is 1. The van der Waals surface area contributed by atoms with E-state index in [9.17, 15) is 4.79 Å². The Hall–Kier alpha value is -3.01. The van der Waals surface area contributed by atoms with Gasteiger partial charge < -0.3 is 23.6 Å². The first-order valence-corrected chi connectivity index (χ1v) is 7.77. The van der Waals surface area contributed by atoms with Crippen molar-refractivity contribution in [3.05, 3.63) is 35.0 Å². The fraction of sp³-hybridized carbons (Fsp3) is 0.133. The number of nitrogens with one attached hydrogen (secondary N) is 2. The summed E-state index contributed by atoms with van der Waals surface area (Å²) in [6.45, 7) is 0. The number of urea groups is 1. The predicted octanol–water partition coefficient (Wildman–Crippen LogP) is 3.75. The lowest BCUT2D eigenvalue weighted by Gasteiger charge is -2.10. The number of rotatable bonds is 5. The molecule has 2 aromatic heterocycles. The SMILES string of the molecule is COc1ccc(NC(=O)Nc2nnc(-c3ccc(Br)o3)o2)cc1OC.